The Kier molecular flexibility index (Phi) is 2.03. The molecule has 0 saturated heterocycles. The van der Waals surface area contributed by atoms with Crippen molar-refractivity contribution >= 4 is 27.0 Å². The minimum absolute atomic E-state index is 0.720. The molecule has 2 aromatic heterocycles. The number of benzene rings is 1. The number of halogens is 1. The van der Waals surface area contributed by atoms with Gasteiger partial charge in [-0.2, -0.15) is 0 Å². The third-order valence-corrected chi connectivity index (χ3v) is 2.85. The molecule has 0 unspecified atom stereocenters. The Bertz CT molecular complexity index is 658. The topological polar surface area (TPSA) is 56.7 Å². The standard InChI is InChI=1S/C10H7BrN4O/c1-6-4-12-5-15(6)9-3-7(11)2-8-10(9)14-16-13-8/h2-5H,1H3. The Balaban J connectivity index is 2.38. The number of hydrogen-bond donors (Lipinski definition) is 0. The van der Waals surface area contributed by atoms with Crippen LogP contribution in [0.2, 0.25) is 0 Å². The molecule has 0 aliphatic heterocycles. The van der Waals surface area contributed by atoms with Gasteiger partial charge in [0.1, 0.15) is 5.52 Å². The van der Waals surface area contributed by atoms with Gasteiger partial charge in [0.25, 0.3) is 0 Å². The lowest BCUT2D eigenvalue weighted by Crippen LogP contribution is -1.95. The largest absolute Gasteiger partial charge is 0.301 e. The lowest BCUT2D eigenvalue weighted by atomic mass is 10.2. The van der Waals surface area contributed by atoms with Crippen molar-refractivity contribution < 1.29 is 4.63 Å². The molecular formula is C10H7BrN4O. The molecule has 0 spiro atoms. The highest BCUT2D eigenvalue weighted by Gasteiger charge is 2.11. The molecule has 3 rings (SSSR count). The van der Waals surface area contributed by atoms with Crippen LogP contribution in [0.1, 0.15) is 5.69 Å². The molecule has 0 amide bonds. The van der Waals surface area contributed by atoms with E-state index in [1.165, 1.54) is 0 Å². The van der Waals surface area contributed by atoms with Crippen LogP contribution in [-0.2, 0) is 0 Å². The third kappa shape index (κ3) is 1.34. The molecule has 0 atom stereocenters. The zero-order valence-electron chi connectivity index (χ0n) is 8.38. The van der Waals surface area contributed by atoms with E-state index in [2.05, 4.69) is 31.2 Å². The molecule has 0 aliphatic carbocycles. The fourth-order valence-electron chi connectivity index (χ4n) is 1.64. The second-order valence-corrected chi connectivity index (χ2v) is 4.38. The maximum atomic E-state index is 4.74. The lowest BCUT2D eigenvalue weighted by molar-refractivity contribution is 0.315. The lowest BCUT2D eigenvalue weighted by Gasteiger charge is -2.05. The first-order valence-corrected chi connectivity index (χ1v) is 5.46. The zero-order chi connectivity index (χ0) is 11.1. The summed E-state index contributed by atoms with van der Waals surface area (Å²) in [6.07, 6.45) is 3.53. The summed E-state index contributed by atoms with van der Waals surface area (Å²) in [6, 6.07) is 3.82. The van der Waals surface area contributed by atoms with E-state index in [1.807, 2.05) is 23.6 Å². The molecule has 0 bridgehead atoms. The van der Waals surface area contributed by atoms with Crippen molar-refractivity contribution in [3.05, 3.63) is 34.8 Å². The summed E-state index contributed by atoms with van der Waals surface area (Å²) >= 11 is 3.43. The molecule has 3 aromatic rings. The van der Waals surface area contributed by atoms with Gasteiger partial charge in [-0.1, -0.05) is 15.9 Å². The number of hydrogen-bond acceptors (Lipinski definition) is 4. The second-order valence-electron chi connectivity index (χ2n) is 3.46. The minimum Gasteiger partial charge on any atom is -0.301 e. The third-order valence-electron chi connectivity index (χ3n) is 2.39. The Morgan fingerprint density at radius 2 is 2.19 bits per heavy atom. The molecule has 0 fully saturated rings. The molecule has 1 aromatic carbocycles. The van der Waals surface area contributed by atoms with E-state index in [-0.39, 0.29) is 0 Å². The normalized spacial score (nSPS) is 11.1. The first-order valence-electron chi connectivity index (χ1n) is 4.67. The predicted octanol–water partition coefficient (Wildman–Crippen LogP) is 2.48. The maximum absolute atomic E-state index is 4.74. The van der Waals surface area contributed by atoms with Gasteiger partial charge in [0.05, 0.1) is 12.0 Å². The number of fused-ring (bicyclic) bond motifs is 1. The van der Waals surface area contributed by atoms with E-state index in [1.54, 1.807) is 12.5 Å². The number of aryl methyl sites for hydroxylation is 1. The van der Waals surface area contributed by atoms with Crippen LogP contribution in [0.4, 0.5) is 0 Å². The number of imidazole rings is 1. The van der Waals surface area contributed by atoms with E-state index in [0.29, 0.717) is 0 Å². The fraction of sp³-hybridized carbons (Fsp3) is 0.100. The summed E-state index contributed by atoms with van der Waals surface area (Å²) in [5.41, 5.74) is 3.38. The van der Waals surface area contributed by atoms with Crippen molar-refractivity contribution in [2.24, 2.45) is 0 Å². The molecule has 0 saturated carbocycles. The average molecular weight is 279 g/mol. The summed E-state index contributed by atoms with van der Waals surface area (Å²) in [5, 5.41) is 7.73. The van der Waals surface area contributed by atoms with Crippen LogP contribution < -0.4 is 0 Å². The summed E-state index contributed by atoms with van der Waals surface area (Å²) in [6.45, 7) is 1.98. The van der Waals surface area contributed by atoms with Gasteiger partial charge in [-0.05, 0) is 29.4 Å². The van der Waals surface area contributed by atoms with Crippen LogP contribution in [0.3, 0.4) is 0 Å². The highest BCUT2D eigenvalue weighted by molar-refractivity contribution is 9.10. The van der Waals surface area contributed by atoms with Crippen molar-refractivity contribution in [1.29, 1.82) is 0 Å². The van der Waals surface area contributed by atoms with Crippen LogP contribution in [0.5, 0.6) is 0 Å². The zero-order valence-corrected chi connectivity index (χ0v) is 9.97. The summed E-state index contributed by atoms with van der Waals surface area (Å²) in [5.74, 6) is 0. The maximum Gasteiger partial charge on any atom is 0.159 e. The first-order chi connectivity index (χ1) is 7.75. The van der Waals surface area contributed by atoms with Gasteiger partial charge >= 0.3 is 0 Å². The first kappa shape index (κ1) is 9.53. The van der Waals surface area contributed by atoms with Crippen LogP contribution in [0.15, 0.2) is 33.8 Å². The molecule has 2 heterocycles. The van der Waals surface area contributed by atoms with Crippen LogP contribution in [0, 0.1) is 6.92 Å². The van der Waals surface area contributed by atoms with Crippen LogP contribution in [0.25, 0.3) is 16.7 Å². The van der Waals surface area contributed by atoms with E-state index >= 15 is 0 Å². The minimum atomic E-state index is 0.720. The van der Waals surface area contributed by atoms with Gasteiger partial charge in [0, 0.05) is 16.4 Å². The number of rotatable bonds is 1. The highest BCUT2D eigenvalue weighted by atomic mass is 79.9. The molecule has 6 heteroatoms. The van der Waals surface area contributed by atoms with Gasteiger partial charge in [-0.3, -0.25) is 0 Å². The van der Waals surface area contributed by atoms with Crippen molar-refractivity contribution in [2.75, 3.05) is 0 Å². The average Bonchev–Trinajstić information content (AvgIpc) is 2.84. The van der Waals surface area contributed by atoms with Crippen molar-refractivity contribution in [2.45, 2.75) is 6.92 Å². The predicted molar refractivity (Wildman–Crippen MR) is 61.4 cm³/mol. The molecule has 16 heavy (non-hydrogen) atoms. The summed E-state index contributed by atoms with van der Waals surface area (Å²) in [7, 11) is 0. The van der Waals surface area contributed by atoms with E-state index in [4.69, 9.17) is 4.63 Å². The van der Waals surface area contributed by atoms with Gasteiger partial charge in [-0.25, -0.2) is 9.61 Å². The molecule has 80 valence electrons. The van der Waals surface area contributed by atoms with E-state index < -0.39 is 0 Å². The van der Waals surface area contributed by atoms with Crippen molar-refractivity contribution in [1.82, 2.24) is 19.9 Å². The van der Waals surface area contributed by atoms with Crippen LogP contribution in [-0.4, -0.2) is 19.9 Å². The van der Waals surface area contributed by atoms with Gasteiger partial charge in [0.2, 0.25) is 0 Å². The van der Waals surface area contributed by atoms with Gasteiger partial charge in [-0.15, -0.1) is 0 Å². The Morgan fingerprint density at radius 1 is 1.31 bits per heavy atom. The Labute approximate surface area is 99.2 Å². The molecule has 5 nitrogen and oxygen atoms in total. The number of nitrogens with zero attached hydrogens (tertiary/aromatic N) is 4. The Morgan fingerprint density at radius 3 is 2.94 bits per heavy atom. The second kappa shape index (κ2) is 3.41. The van der Waals surface area contributed by atoms with E-state index in [0.717, 1.165) is 26.9 Å². The number of aromatic nitrogens is 4. The van der Waals surface area contributed by atoms with Crippen LogP contribution >= 0.6 is 15.9 Å². The van der Waals surface area contributed by atoms with Gasteiger partial charge < -0.3 is 4.57 Å². The van der Waals surface area contributed by atoms with Crippen molar-refractivity contribution in [3.8, 4) is 5.69 Å². The van der Waals surface area contributed by atoms with E-state index in [9.17, 15) is 0 Å². The molecule has 0 radical (unpaired) electrons. The van der Waals surface area contributed by atoms with Crippen molar-refractivity contribution in [3.63, 3.8) is 0 Å². The highest BCUT2D eigenvalue weighted by Crippen LogP contribution is 2.25. The molecular weight excluding hydrogens is 272 g/mol. The monoisotopic (exact) mass is 278 g/mol. The van der Waals surface area contributed by atoms with Gasteiger partial charge in [0.15, 0.2) is 5.52 Å². The fourth-order valence-corrected chi connectivity index (χ4v) is 2.07. The quantitative estimate of drug-likeness (QED) is 0.686. The SMILES string of the molecule is Cc1cncn1-c1cc(Br)cc2nonc12. The summed E-state index contributed by atoms with van der Waals surface area (Å²) in [4.78, 5) is 4.09. The smallest absolute Gasteiger partial charge is 0.159 e. The molecule has 0 N–H and O–H groups in total. The molecule has 0 aliphatic rings. The Hall–Kier alpha value is -1.69. The summed E-state index contributed by atoms with van der Waals surface area (Å²) < 4.78 is 7.62.